The fourth-order valence-corrected chi connectivity index (χ4v) is 5.83. The van der Waals surface area contributed by atoms with Crippen LogP contribution in [0.5, 0.6) is 0 Å². The van der Waals surface area contributed by atoms with Crippen molar-refractivity contribution >= 4 is 56.5 Å². The molecule has 2 unspecified atom stereocenters. The van der Waals surface area contributed by atoms with E-state index in [1.165, 1.54) is 5.56 Å². The Hall–Kier alpha value is -0.670. The van der Waals surface area contributed by atoms with Gasteiger partial charge in [0.15, 0.2) is 3.83 Å². The van der Waals surface area contributed by atoms with Gasteiger partial charge in [-0.2, -0.15) is 5.26 Å². The molecule has 3 atom stereocenters. The van der Waals surface area contributed by atoms with E-state index in [2.05, 4.69) is 74.1 Å². The highest BCUT2D eigenvalue weighted by Gasteiger charge is 2.33. The van der Waals surface area contributed by atoms with Gasteiger partial charge in [0.25, 0.3) is 0 Å². The second-order valence-corrected chi connectivity index (χ2v) is 8.77. The van der Waals surface area contributed by atoms with Crippen LogP contribution in [0, 0.1) is 24.8 Å². The Balaban J connectivity index is 1.89. The number of halogens is 2. The molecule has 3 heterocycles. The lowest BCUT2D eigenvalue weighted by molar-refractivity contribution is 0.0984. The van der Waals surface area contributed by atoms with Crippen LogP contribution < -0.4 is 4.90 Å². The monoisotopic (exact) mass is 563 g/mol. The van der Waals surface area contributed by atoms with Gasteiger partial charge in [0.05, 0.1) is 31.2 Å². The van der Waals surface area contributed by atoms with Crippen molar-refractivity contribution in [3.63, 3.8) is 0 Å². The minimum atomic E-state index is 0.0875. The maximum absolute atomic E-state index is 9.59. The first-order chi connectivity index (χ1) is 12.1. The number of fused-ring (bicyclic) bond motifs is 1. The minimum Gasteiger partial charge on any atom is -0.377 e. The van der Waals surface area contributed by atoms with Crippen molar-refractivity contribution in [1.29, 1.82) is 5.26 Å². The largest absolute Gasteiger partial charge is 0.377 e. The average Bonchev–Trinajstić information content (AvgIpc) is 3.19. The summed E-state index contributed by atoms with van der Waals surface area (Å²) in [6.07, 6.45) is 3.16. The van der Waals surface area contributed by atoms with Crippen LogP contribution in [-0.4, -0.2) is 40.4 Å². The van der Waals surface area contributed by atoms with E-state index in [1.807, 2.05) is 4.52 Å². The van der Waals surface area contributed by atoms with Crippen molar-refractivity contribution in [3.8, 4) is 6.07 Å². The van der Waals surface area contributed by atoms with Gasteiger partial charge in [-0.05, 0) is 54.0 Å². The quantitative estimate of drug-likeness (QED) is 0.524. The zero-order valence-electron chi connectivity index (χ0n) is 14.0. The van der Waals surface area contributed by atoms with Crippen LogP contribution in [0.3, 0.4) is 0 Å². The van der Waals surface area contributed by atoms with Gasteiger partial charge in [0.1, 0.15) is 15.0 Å². The Morgan fingerprint density at radius 1 is 1.36 bits per heavy atom. The number of anilines is 1. The fourth-order valence-electron chi connectivity index (χ4n) is 4.01. The topological polar surface area (TPSA) is 66.5 Å². The highest BCUT2D eigenvalue weighted by Crippen LogP contribution is 2.42. The minimum absolute atomic E-state index is 0.0875. The van der Waals surface area contributed by atoms with Crippen LogP contribution in [-0.2, 0) is 4.74 Å². The Morgan fingerprint density at radius 2 is 2.20 bits per heavy atom. The summed E-state index contributed by atoms with van der Waals surface area (Å²) in [7, 11) is 0. The number of hydrogen-bond donors (Lipinski definition) is 0. The maximum atomic E-state index is 9.59. The number of hydrogen-bond acceptors (Lipinski definition) is 5. The molecule has 0 amide bonds. The van der Waals surface area contributed by atoms with Gasteiger partial charge in [0, 0.05) is 35.1 Å². The van der Waals surface area contributed by atoms with Gasteiger partial charge in [-0.25, -0.2) is 9.50 Å². The molecule has 1 aliphatic heterocycles. The first-order valence-electron chi connectivity index (χ1n) is 8.59. The molecule has 1 aliphatic carbocycles. The van der Waals surface area contributed by atoms with Crippen LogP contribution in [0.1, 0.15) is 37.7 Å². The fraction of sp³-hybridized carbons (Fsp3) is 0.588. The molecule has 2 fully saturated rings. The summed E-state index contributed by atoms with van der Waals surface area (Å²) >= 11 is 4.53. The number of nitrogens with zero attached hydrogens (tertiary/aromatic N) is 5. The van der Waals surface area contributed by atoms with Crippen molar-refractivity contribution in [3.05, 3.63) is 19.2 Å². The summed E-state index contributed by atoms with van der Waals surface area (Å²) in [5.41, 5.74) is 2.30. The van der Waals surface area contributed by atoms with Crippen molar-refractivity contribution in [2.24, 2.45) is 5.92 Å². The molecule has 8 heteroatoms. The number of aromatic nitrogens is 3. The summed E-state index contributed by atoms with van der Waals surface area (Å²) in [5.74, 6) is 1.32. The number of rotatable bonds is 2. The van der Waals surface area contributed by atoms with Crippen LogP contribution in [0.2, 0.25) is 0 Å². The zero-order valence-corrected chi connectivity index (χ0v) is 18.3. The first kappa shape index (κ1) is 17.7. The zero-order chi connectivity index (χ0) is 17.6. The normalized spacial score (nSPS) is 27.0. The third-order valence-electron chi connectivity index (χ3n) is 5.28. The lowest BCUT2D eigenvalue weighted by Crippen LogP contribution is -2.44. The second-order valence-electron chi connectivity index (χ2n) is 6.78. The van der Waals surface area contributed by atoms with Crippen molar-refractivity contribution in [2.75, 3.05) is 24.7 Å². The highest BCUT2D eigenvalue weighted by atomic mass is 127. The smallest absolute Gasteiger partial charge is 0.193 e. The van der Waals surface area contributed by atoms with Crippen LogP contribution in [0.15, 0.2) is 6.07 Å². The maximum Gasteiger partial charge on any atom is 0.193 e. The van der Waals surface area contributed by atoms with Crippen molar-refractivity contribution in [1.82, 2.24) is 14.6 Å². The van der Waals surface area contributed by atoms with Crippen LogP contribution >= 0.6 is 45.2 Å². The molecule has 132 valence electrons. The summed E-state index contributed by atoms with van der Waals surface area (Å²) in [4.78, 5) is 6.94. The van der Waals surface area contributed by atoms with E-state index in [-0.39, 0.29) is 11.8 Å². The van der Waals surface area contributed by atoms with Gasteiger partial charge in [-0.3, -0.25) is 0 Å². The summed E-state index contributed by atoms with van der Waals surface area (Å²) < 4.78 is 9.37. The van der Waals surface area contributed by atoms with E-state index < -0.39 is 0 Å². The van der Waals surface area contributed by atoms with E-state index >= 15 is 0 Å². The molecule has 2 aromatic rings. The molecule has 6 nitrogen and oxygen atoms in total. The molecule has 0 spiro atoms. The number of imidazole rings is 1. The van der Waals surface area contributed by atoms with Crippen molar-refractivity contribution < 1.29 is 4.74 Å². The molecule has 4 rings (SSSR count). The molecule has 1 saturated carbocycles. The second kappa shape index (κ2) is 7.15. The SMILES string of the molecule is C[C@@H]1COCCN1c1cc(C2CCCC2C#N)c2c(I)nc(I)n2n1. The molecule has 0 bridgehead atoms. The van der Waals surface area contributed by atoms with Crippen LogP contribution in [0.25, 0.3) is 5.52 Å². The molecular weight excluding hydrogens is 544 g/mol. The summed E-state index contributed by atoms with van der Waals surface area (Å²) in [6, 6.07) is 5.02. The van der Waals surface area contributed by atoms with Gasteiger partial charge in [-0.15, -0.1) is 5.10 Å². The Morgan fingerprint density at radius 3 is 2.96 bits per heavy atom. The summed E-state index contributed by atoms with van der Waals surface area (Å²) in [6.45, 7) is 4.45. The standard InChI is InChI=1S/C17H19I2N5O/c1-10-9-25-6-5-23(10)14-7-13(12-4-2-3-11(12)8-20)15-16(18)21-17(19)24(15)22-14/h7,10-12H,2-6,9H2,1H3/t10-,11?,12?/m1/s1. The number of morpholine rings is 1. The Labute approximate surface area is 174 Å². The molecule has 0 N–H and O–H groups in total. The Bertz CT molecular complexity index is 846. The van der Waals surface area contributed by atoms with E-state index in [9.17, 15) is 5.26 Å². The van der Waals surface area contributed by atoms with E-state index in [4.69, 9.17) is 9.84 Å². The molecule has 2 aromatic heterocycles. The molecular formula is C17H19I2N5O. The third kappa shape index (κ3) is 3.12. The van der Waals surface area contributed by atoms with E-state index in [1.54, 1.807) is 0 Å². The lowest BCUT2D eigenvalue weighted by Gasteiger charge is -2.34. The first-order valence-corrected chi connectivity index (χ1v) is 10.7. The molecule has 1 saturated heterocycles. The number of nitriles is 1. The Kier molecular flexibility index (Phi) is 5.07. The van der Waals surface area contributed by atoms with Crippen LogP contribution in [0.4, 0.5) is 5.82 Å². The average molecular weight is 563 g/mol. The van der Waals surface area contributed by atoms with E-state index in [0.717, 1.165) is 57.9 Å². The van der Waals surface area contributed by atoms with Gasteiger partial charge >= 0.3 is 0 Å². The van der Waals surface area contributed by atoms with Gasteiger partial charge < -0.3 is 9.64 Å². The molecule has 25 heavy (non-hydrogen) atoms. The van der Waals surface area contributed by atoms with Crippen molar-refractivity contribution in [2.45, 2.75) is 38.1 Å². The predicted molar refractivity (Wildman–Crippen MR) is 112 cm³/mol. The molecule has 2 aliphatic rings. The van der Waals surface area contributed by atoms with Gasteiger partial charge in [0.2, 0.25) is 0 Å². The highest BCUT2D eigenvalue weighted by molar-refractivity contribution is 14.1. The molecule has 0 radical (unpaired) electrons. The van der Waals surface area contributed by atoms with Gasteiger partial charge in [-0.1, -0.05) is 6.42 Å². The third-order valence-corrected chi connectivity index (χ3v) is 6.73. The van der Waals surface area contributed by atoms with E-state index in [0.29, 0.717) is 6.04 Å². The number of ether oxygens (including phenoxy) is 1. The predicted octanol–water partition coefficient (Wildman–Crippen LogP) is 3.57. The summed E-state index contributed by atoms with van der Waals surface area (Å²) in [5, 5.41) is 14.5. The molecule has 0 aromatic carbocycles. The lowest BCUT2D eigenvalue weighted by atomic mass is 9.90.